The summed E-state index contributed by atoms with van der Waals surface area (Å²) in [5.74, 6) is -0.627. The normalized spacial score (nSPS) is 12.3. The third-order valence-electron chi connectivity index (χ3n) is 4.36. The van der Waals surface area contributed by atoms with E-state index in [1.165, 1.54) is 12.1 Å². The Labute approximate surface area is 135 Å². The van der Waals surface area contributed by atoms with E-state index < -0.39 is 0 Å². The monoisotopic (exact) mass is 319 g/mol. The Morgan fingerprint density at radius 3 is 2.65 bits per heavy atom. The van der Waals surface area contributed by atoms with Crippen molar-refractivity contribution >= 4 is 22.7 Å². The van der Waals surface area contributed by atoms with Crippen LogP contribution in [0, 0.1) is 12.7 Å². The van der Waals surface area contributed by atoms with Crippen LogP contribution in [0.5, 0.6) is 0 Å². The highest BCUT2D eigenvalue weighted by atomic mass is 19.1. The number of rotatable bonds is 4. The smallest absolute Gasteiger partial charge is 0.270 e. The number of benzene rings is 1. The van der Waals surface area contributed by atoms with Crippen molar-refractivity contribution in [2.45, 2.75) is 26.3 Å². The van der Waals surface area contributed by atoms with Crippen molar-refractivity contribution in [2.24, 2.45) is 7.05 Å². The Balaban J connectivity index is 2.39. The van der Waals surface area contributed by atoms with E-state index in [0.29, 0.717) is 5.69 Å². The van der Waals surface area contributed by atoms with Crippen LogP contribution in [0.4, 0.5) is 4.39 Å². The van der Waals surface area contributed by atoms with Gasteiger partial charge in [0, 0.05) is 44.5 Å². The zero-order valence-corrected chi connectivity index (χ0v) is 14.1. The van der Waals surface area contributed by atoms with Crippen LogP contribution in [-0.4, -0.2) is 41.4 Å². The molecule has 124 valence electrons. The Bertz CT molecular complexity index is 767. The summed E-state index contributed by atoms with van der Waals surface area (Å²) in [4.78, 5) is 25.9. The van der Waals surface area contributed by atoms with Crippen molar-refractivity contribution in [2.75, 3.05) is 14.1 Å². The third-order valence-corrected chi connectivity index (χ3v) is 4.36. The Morgan fingerprint density at radius 1 is 1.39 bits per heavy atom. The van der Waals surface area contributed by atoms with E-state index in [1.807, 2.05) is 13.8 Å². The van der Waals surface area contributed by atoms with Crippen molar-refractivity contribution in [1.29, 1.82) is 0 Å². The van der Waals surface area contributed by atoms with Crippen LogP contribution in [0.2, 0.25) is 0 Å². The highest BCUT2D eigenvalue weighted by molar-refractivity contribution is 6.01. The number of amides is 2. The molecule has 1 heterocycles. The summed E-state index contributed by atoms with van der Waals surface area (Å²) < 4.78 is 15.3. The maximum atomic E-state index is 13.5. The molecular weight excluding hydrogens is 297 g/mol. The molecule has 1 atom stereocenters. The fourth-order valence-corrected chi connectivity index (χ4v) is 2.78. The van der Waals surface area contributed by atoms with E-state index in [9.17, 15) is 14.0 Å². The maximum Gasteiger partial charge on any atom is 0.270 e. The van der Waals surface area contributed by atoms with Crippen molar-refractivity contribution in [1.82, 2.24) is 14.8 Å². The molecule has 23 heavy (non-hydrogen) atoms. The Hall–Kier alpha value is -2.37. The van der Waals surface area contributed by atoms with Gasteiger partial charge in [0.05, 0.1) is 0 Å². The van der Waals surface area contributed by atoms with E-state index >= 15 is 0 Å². The van der Waals surface area contributed by atoms with Crippen LogP contribution in [0.1, 0.15) is 29.4 Å². The Kier molecular flexibility index (Phi) is 4.73. The highest BCUT2D eigenvalue weighted by Crippen LogP contribution is 2.26. The number of aryl methyl sites for hydroxylation is 2. The molecule has 2 amide bonds. The van der Waals surface area contributed by atoms with E-state index in [2.05, 4.69) is 5.32 Å². The minimum Gasteiger partial charge on any atom is -0.359 e. The van der Waals surface area contributed by atoms with E-state index in [1.54, 1.807) is 36.7 Å². The van der Waals surface area contributed by atoms with Gasteiger partial charge in [0.25, 0.3) is 5.91 Å². The lowest BCUT2D eigenvalue weighted by Gasteiger charge is -2.25. The topological polar surface area (TPSA) is 54.3 Å². The molecule has 0 spiro atoms. The molecule has 0 fully saturated rings. The minimum atomic E-state index is -0.327. The maximum absolute atomic E-state index is 13.5. The van der Waals surface area contributed by atoms with Crippen LogP contribution in [0.3, 0.4) is 0 Å². The van der Waals surface area contributed by atoms with Gasteiger partial charge in [0.2, 0.25) is 5.91 Å². The summed E-state index contributed by atoms with van der Waals surface area (Å²) in [5.41, 5.74) is 2.06. The average Bonchev–Trinajstić information content (AvgIpc) is 2.76. The first-order valence-corrected chi connectivity index (χ1v) is 7.50. The zero-order valence-electron chi connectivity index (χ0n) is 14.1. The molecule has 2 rings (SSSR count). The first-order chi connectivity index (χ1) is 10.8. The number of hydrogen-bond acceptors (Lipinski definition) is 2. The first-order valence-electron chi connectivity index (χ1n) is 7.50. The summed E-state index contributed by atoms with van der Waals surface area (Å²) in [7, 11) is 5.03. The molecule has 6 heteroatoms. The molecule has 0 saturated heterocycles. The second kappa shape index (κ2) is 6.40. The molecule has 0 bridgehead atoms. The van der Waals surface area contributed by atoms with Gasteiger partial charge in [0.1, 0.15) is 11.5 Å². The highest BCUT2D eigenvalue weighted by Gasteiger charge is 2.25. The second-order valence-corrected chi connectivity index (χ2v) is 5.84. The van der Waals surface area contributed by atoms with Gasteiger partial charge in [-0.05, 0) is 37.6 Å². The molecule has 0 aliphatic carbocycles. The van der Waals surface area contributed by atoms with Gasteiger partial charge < -0.3 is 14.8 Å². The van der Waals surface area contributed by atoms with Crippen LogP contribution < -0.4 is 5.32 Å². The van der Waals surface area contributed by atoms with Gasteiger partial charge in [-0.1, -0.05) is 0 Å². The predicted octanol–water partition coefficient (Wildman–Crippen LogP) is 2.22. The van der Waals surface area contributed by atoms with Crippen LogP contribution in [-0.2, 0) is 11.8 Å². The number of halogens is 1. The number of carbonyl (C=O) groups excluding carboxylic acids is 2. The standard InChI is InChI=1S/C17H22FN3O2/c1-10(8-15(22)19-3)20(4)17(23)16-11(2)13-9-12(18)6-7-14(13)21(16)5/h6-7,9-10H,8H2,1-5H3,(H,19,22). The summed E-state index contributed by atoms with van der Waals surface area (Å²) in [6.07, 6.45) is 0.232. The number of hydrogen-bond donors (Lipinski definition) is 1. The molecule has 0 saturated carbocycles. The van der Waals surface area contributed by atoms with Crippen molar-refractivity contribution in [3.05, 3.63) is 35.3 Å². The van der Waals surface area contributed by atoms with Crippen molar-refractivity contribution < 1.29 is 14.0 Å². The van der Waals surface area contributed by atoms with Crippen LogP contribution in [0.15, 0.2) is 18.2 Å². The number of carbonyl (C=O) groups is 2. The largest absolute Gasteiger partial charge is 0.359 e. The lowest BCUT2D eigenvalue weighted by molar-refractivity contribution is -0.121. The summed E-state index contributed by atoms with van der Waals surface area (Å²) in [5, 5.41) is 3.28. The van der Waals surface area contributed by atoms with Gasteiger partial charge in [-0.25, -0.2) is 4.39 Å². The fourth-order valence-electron chi connectivity index (χ4n) is 2.78. The lowest BCUT2D eigenvalue weighted by Crippen LogP contribution is -2.39. The molecule has 1 unspecified atom stereocenters. The number of fused-ring (bicyclic) bond motifs is 1. The van der Waals surface area contributed by atoms with Gasteiger partial charge >= 0.3 is 0 Å². The number of nitrogens with one attached hydrogen (secondary N) is 1. The van der Waals surface area contributed by atoms with Crippen molar-refractivity contribution in [3.63, 3.8) is 0 Å². The minimum absolute atomic E-state index is 0.118. The van der Waals surface area contributed by atoms with E-state index in [-0.39, 0.29) is 30.1 Å². The molecule has 0 radical (unpaired) electrons. The van der Waals surface area contributed by atoms with E-state index in [0.717, 1.165) is 16.5 Å². The fraction of sp³-hybridized carbons (Fsp3) is 0.412. The van der Waals surface area contributed by atoms with Gasteiger partial charge in [-0.3, -0.25) is 9.59 Å². The molecular formula is C17H22FN3O2. The average molecular weight is 319 g/mol. The van der Waals surface area contributed by atoms with Gasteiger partial charge in [-0.15, -0.1) is 0 Å². The number of aromatic nitrogens is 1. The summed E-state index contributed by atoms with van der Waals surface area (Å²) >= 11 is 0. The molecule has 1 aromatic heterocycles. The van der Waals surface area contributed by atoms with E-state index in [4.69, 9.17) is 0 Å². The number of nitrogens with zero attached hydrogens (tertiary/aromatic N) is 2. The van der Waals surface area contributed by atoms with Gasteiger partial charge in [0.15, 0.2) is 0 Å². The molecule has 5 nitrogen and oxygen atoms in total. The van der Waals surface area contributed by atoms with Gasteiger partial charge in [-0.2, -0.15) is 0 Å². The molecule has 1 aromatic carbocycles. The SMILES string of the molecule is CNC(=O)CC(C)N(C)C(=O)c1c(C)c2cc(F)ccc2n1C. The first kappa shape index (κ1) is 17.0. The van der Waals surface area contributed by atoms with Crippen LogP contribution >= 0.6 is 0 Å². The quantitative estimate of drug-likeness (QED) is 0.939. The molecule has 0 aliphatic heterocycles. The van der Waals surface area contributed by atoms with Crippen molar-refractivity contribution in [3.8, 4) is 0 Å². The summed E-state index contributed by atoms with van der Waals surface area (Å²) in [6.45, 7) is 3.64. The molecule has 2 aromatic rings. The second-order valence-electron chi connectivity index (χ2n) is 5.84. The summed E-state index contributed by atoms with van der Waals surface area (Å²) in [6, 6.07) is 4.25. The Morgan fingerprint density at radius 2 is 2.04 bits per heavy atom. The predicted molar refractivity (Wildman–Crippen MR) is 87.9 cm³/mol. The molecule has 1 N–H and O–H groups in total. The third kappa shape index (κ3) is 3.06. The van der Waals surface area contributed by atoms with Crippen LogP contribution in [0.25, 0.3) is 10.9 Å². The zero-order chi connectivity index (χ0) is 17.3. The lowest BCUT2D eigenvalue weighted by atomic mass is 10.1. The molecule has 0 aliphatic rings.